The van der Waals surface area contributed by atoms with Crippen LogP contribution in [0.5, 0.6) is 0 Å². The second kappa shape index (κ2) is 6.74. The van der Waals surface area contributed by atoms with E-state index in [1.54, 1.807) is 43.8 Å². The van der Waals surface area contributed by atoms with Gasteiger partial charge >= 0.3 is 0 Å². The van der Waals surface area contributed by atoms with Crippen LogP contribution < -0.4 is 10.5 Å². The third-order valence-corrected chi connectivity index (χ3v) is 5.22. The van der Waals surface area contributed by atoms with Crippen LogP contribution in [0.25, 0.3) is 0 Å². The Bertz CT molecular complexity index is 844. The fourth-order valence-corrected chi connectivity index (χ4v) is 3.45. The Morgan fingerprint density at radius 2 is 1.70 bits per heavy atom. The zero-order valence-corrected chi connectivity index (χ0v) is 14.7. The standard InChI is InChI=1S/C16H18N2O3S2/c1-10-8-11(2)15(23(17,20)21)9-14(10)16(19)18-12-4-6-13(22-3)7-5-12/h4-9H,1-3H3,(H,18,19)(H2,17,20,21). The molecule has 3 N–H and O–H groups in total. The van der Waals surface area contributed by atoms with Crippen LogP contribution in [0.15, 0.2) is 46.2 Å². The van der Waals surface area contributed by atoms with Gasteiger partial charge in [-0.25, -0.2) is 13.6 Å². The van der Waals surface area contributed by atoms with Gasteiger partial charge in [-0.3, -0.25) is 4.79 Å². The summed E-state index contributed by atoms with van der Waals surface area (Å²) in [6.07, 6.45) is 1.97. The van der Waals surface area contributed by atoms with Gasteiger partial charge in [-0.2, -0.15) is 0 Å². The molecule has 23 heavy (non-hydrogen) atoms. The van der Waals surface area contributed by atoms with Crippen molar-refractivity contribution in [1.82, 2.24) is 0 Å². The van der Waals surface area contributed by atoms with Crippen LogP contribution in [0.2, 0.25) is 0 Å². The lowest BCUT2D eigenvalue weighted by molar-refractivity contribution is 0.102. The van der Waals surface area contributed by atoms with Gasteiger partial charge in [0, 0.05) is 16.1 Å². The van der Waals surface area contributed by atoms with Gasteiger partial charge in [0.15, 0.2) is 0 Å². The second-order valence-corrected chi connectivity index (χ2v) is 7.57. The molecule has 7 heteroatoms. The third kappa shape index (κ3) is 4.13. The van der Waals surface area contributed by atoms with E-state index in [1.165, 1.54) is 6.07 Å². The summed E-state index contributed by atoms with van der Waals surface area (Å²) in [4.78, 5) is 13.5. The Hall–Kier alpha value is -1.83. The lowest BCUT2D eigenvalue weighted by Gasteiger charge is -2.11. The summed E-state index contributed by atoms with van der Waals surface area (Å²) in [7, 11) is -3.87. The number of carbonyl (C=O) groups is 1. The second-order valence-electron chi connectivity index (χ2n) is 5.16. The monoisotopic (exact) mass is 350 g/mol. The number of nitrogens with one attached hydrogen (secondary N) is 1. The first-order valence-corrected chi connectivity index (χ1v) is 9.59. The Labute approximate surface area is 140 Å². The molecule has 0 aliphatic carbocycles. The summed E-state index contributed by atoms with van der Waals surface area (Å²) in [6, 6.07) is 10.4. The summed E-state index contributed by atoms with van der Waals surface area (Å²) < 4.78 is 23.2. The van der Waals surface area contributed by atoms with Crippen molar-refractivity contribution in [3.63, 3.8) is 0 Å². The lowest BCUT2D eigenvalue weighted by Crippen LogP contribution is -2.18. The first-order chi connectivity index (χ1) is 10.7. The largest absolute Gasteiger partial charge is 0.322 e. The fourth-order valence-electron chi connectivity index (χ4n) is 2.26. The number of nitrogens with two attached hydrogens (primary N) is 1. The molecule has 0 aliphatic rings. The first-order valence-electron chi connectivity index (χ1n) is 6.82. The minimum atomic E-state index is -3.87. The highest BCUT2D eigenvalue weighted by molar-refractivity contribution is 7.98. The molecule has 0 aromatic heterocycles. The number of benzene rings is 2. The van der Waals surface area contributed by atoms with Gasteiger partial charge in [-0.05, 0) is 61.6 Å². The predicted octanol–water partition coefficient (Wildman–Crippen LogP) is 2.93. The van der Waals surface area contributed by atoms with Gasteiger partial charge in [0.1, 0.15) is 0 Å². The summed E-state index contributed by atoms with van der Waals surface area (Å²) in [6.45, 7) is 3.40. The van der Waals surface area contributed by atoms with Crippen LogP contribution in [0.4, 0.5) is 5.69 Å². The van der Waals surface area contributed by atoms with E-state index in [4.69, 9.17) is 5.14 Å². The van der Waals surface area contributed by atoms with E-state index >= 15 is 0 Å². The van der Waals surface area contributed by atoms with E-state index in [0.29, 0.717) is 16.8 Å². The van der Waals surface area contributed by atoms with Gasteiger partial charge < -0.3 is 5.32 Å². The number of thioether (sulfide) groups is 1. The van der Waals surface area contributed by atoms with Crippen LogP contribution >= 0.6 is 11.8 Å². The number of anilines is 1. The molecule has 0 radical (unpaired) electrons. The smallest absolute Gasteiger partial charge is 0.255 e. The predicted molar refractivity (Wildman–Crippen MR) is 93.5 cm³/mol. The number of primary sulfonamides is 1. The highest BCUT2D eigenvalue weighted by atomic mass is 32.2. The molecule has 0 atom stereocenters. The summed E-state index contributed by atoms with van der Waals surface area (Å²) in [5, 5.41) is 7.96. The zero-order valence-electron chi connectivity index (χ0n) is 13.1. The van der Waals surface area contributed by atoms with E-state index in [1.807, 2.05) is 18.4 Å². The molecular weight excluding hydrogens is 332 g/mol. The van der Waals surface area contributed by atoms with E-state index < -0.39 is 10.0 Å². The minimum Gasteiger partial charge on any atom is -0.322 e. The summed E-state index contributed by atoms with van der Waals surface area (Å²) in [5.74, 6) is -0.371. The van der Waals surface area contributed by atoms with Crippen molar-refractivity contribution in [2.45, 2.75) is 23.6 Å². The van der Waals surface area contributed by atoms with Crippen molar-refractivity contribution in [3.05, 3.63) is 53.1 Å². The van der Waals surface area contributed by atoms with Gasteiger partial charge in [0.25, 0.3) is 5.91 Å². The average Bonchev–Trinajstić information content (AvgIpc) is 2.46. The fraction of sp³-hybridized carbons (Fsp3) is 0.188. The van der Waals surface area contributed by atoms with E-state index in [2.05, 4.69) is 5.32 Å². The number of sulfonamides is 1. The van der Waals surface area contributed by atoms with Crippen molar-refractivity contribution in [2.75, 3.05) is 11.6 Å². The number of aryl methyl sites for hydroxylation is 2. The maximum absolute atomic E-state index is 12.4. The topological polar surface area (TPSA) is 89.3 Å². The lowest BCUT2D eigenvalue weighted by atomic mass is 10.0. The Morgan fingerprint density at radius 1 is 1.09 bits per heavy atom. The van der Waals surface area contributed by atoms with Gasteiger partial charge in [0.05, 0.1) is 4.90 Å². The van der Waals surface area contributed by atoms with Crippen LogP contribution in [-0.2, 0) is 10.0 Å². The first kappa shape index (κ1) is 17.5. The quantitative estimate of drug-likeness (QED) is 0.830. The number of hydrogen-bond donors (Lipinski definition) is 2. The van der Waals surface area contributed by atoms with E-state index in [0.717, 1.165) is 4.90 Å². The molecule has 122 valence electrons. The molecule has 0 fully saturated rings. The zero-order chi connectivity index (χ0) is 17.2. The van der Waals surface area contributed by atoms with E-state index in [-0.39, 0.29) is 16.4 Å². The number of carbonyl (C=O) groups excluding carboxylic acids is 1. The Balaban J connectivity index is 2.35. The maximum Gasteiger partial charge on any atom is 0.255 e. The van der Waals surface area contributed by atoms with Crippen molar-refractivity contribution < 1.29 is 13.2 Å². The molecule has 2 rings (SSSR count). The molecule has 0 heterocycles. The van der Waals surface area contributed by atoms with Crippen molar-refractivity contribution in [2.24, 2.45) is 5.14 Å². The van der Waals surface area contributed by atoms with E-state index in [9.17, 15) is 13.2 Å². The van der Waals surface area contributed by atoms with Crippen molar-refractivity contribution in [1.29, 1.82) is 0 Å². The number of hydrogen-bond acceptors (Lipinski definition) is 4. The van der Waals surface area contributed by atoms with Crippen LogP contribution in [0.1, 0.15) is 21.5 Å². The van der Waals surface area contributed by atoms with Crippen molar-refractivity contribution in [3.8, 4) is 0 Å². The van der Waals surface area contributed by atoms with Gasteiger partial charge in [-0.1, -0.05) is 6.07 Å². The summed E-state index contributed by atoms with van der Waals surface area (Å²) in [5.41, 5.74) is 2.14. The molecule has 0 bridgehead atoms. The Morgan fingerprint density at radius 3 is 2.22 bits per heavy atom. The summed E-state index contributed by atoms with van der Waals surface area (Å²) >= 11 is 1.61. The van der Waals surface area contributed by atoms with Crippen LogP contribution in [0, 0.1) is 13.8 Å². The van der Waals surface area contributed by atoms with Gasteiger partial charge in [-0.15, -0.1) is 11.8 Å². The third-order valence-electron chi connectivity index (χ3n) is 3.42. The SMILES string of the molecule is CSc1ccc(NC(=O)c2cc(S(N)(=O)=O)c(C)cc2C)cc1. The average molecular weight is 350 g/mol. The molecule has 0 saturated carbocycles. The molecule has 2 aromatic rings. The molecule has 0 aliphatic heterocycles. The molecule has 5 nitrogen and oxygen atoms in total. The number of amides is 1. The molecule has 0 saturated heterocycles. The molecule has 2 aromatic carbocycles. The highest BCUT2D eigenvalue weighted by Gasteiger charge is 2.18. The number of rotatable bonds is 4. The van der Waals surface area contributed by atoms with Gasteiger partial charge in [0.2, 0.25) is 10.0 Å². The normalized spacial score (nSPS) is 11.3. The van der Waals surface area contributed by atoms with Crippen LogP contribution in [0.3, 0.4) is 0 Å². The van der Waals surface area contributed by atoms with Crippen molar-refractivity contribution >= 4 is 33.4 Å². The molecular formula is C16H18N2O3S2. The maximum atomic E-state index is 12.4. The highest BCUT2D eigenvalue weighted by Crippen LogP contribution is 2.22. The molecule has 0 spiro atoms. The minimum absolute atomic E-state index is 0.0361. The molecule has 0 unspecified atom stereocenters. The Kier molecular flexibility index (Phi) is 5.13. The van der Waals surface area contributed by atoms with Crippen LogP contribution in [-0.4, -0.2) is 20.6 Å². The molecule has 1 amide bonds.